The van der Waals surface area contributed by atoms with Gasteiger partial charge in [0.25, 0.3) is 0 Å². The summed E-state index contributed by atoms with van der Waals surface area (Å²) in [7, 11) is 0. The molecule has 0 heterocycles. The fourth-order valence-corrected chi connectivity index (χ4v) is 4.47. The highest BCUT2D eigenvalue weighted by Gasteiger charge is 2.13. The van der Waals surface area contributed by atoms with Crippen LogP contribution in [0.3, 0.4) is 0 Å². The van der Waals surface area contributed by atoms with Gasteiger partial charge in [-0.1, -0.05) is 27.7 Å². The summed E-state index contributed by atoms with van der Waals surface area (Å²) in [6.45, 7) is 28.6. The molecule has 0 aromatic rings. The average molecular weight is 560 g/mol. The molecule has 11 nitrogen and oxygen atoms in total. The fourth-order valence-electron chi connectivity index (χ4n) is 4.47. The zero-order chi connectivity index (χ0) is 29.1. The highest BCUT2D eigenvalue weighted by molar-refractivity contribution is 4.72. The van der Waals surface area contributed by atoms with Crippen LogP contribution in [0.25, 0.3) is 0 Å². The lowest BCUT2D eigenvalue weighted by atomic mass is 10.1. The molecule has 39 heavy (non-hydrogen) atoms. The summed E-state index contributed by atoms with van der Waals surface area (Å²) in [6, 6.07) is 0.497. The minimum Gasteiger partial charge on any atom is -0.329 e. The predicted molar refractivity (Wildman–Crippen MR) is 170 cm³/mol. The molecule has 0 bridgehead atoms. The van der Waals surface area contributed by atoms with Crippen LogP contribution in [-0.4, -0.2) is 163 Å². The van der Waals surface area contributed by atoms with Crippen LogP contribution < -0.4 is 38.9 Å². The van der Waals surface area contributed by atoms with Crippen LogP contribution in [0.15, 0.2) is 0 Å². The van der Waals surface area contributed by atoms with E-state index in [4.69, 9.17) is 22.9 Å². The molecule has 0 saturated carbocycles. The Balaban J connectivity index is 4.99. The van der Waals surface area contributed by atoms with Gasteiger partial charge in [-0.3, -0.25) is 19.6 Å². The number of nitrogens with two attached hydrogens (primary N) is 4. The van der Waals surface area contributed by atoms with Crippen LogP contribution in [0.5, 0.6) is 0 Å². The first-order chi connectivity index (χ1) is 18.9. The van der Waals surface area contributed by atoms with E-state index in [0.717, 1.165) is 117 Å². The van der Waals surface area contributed by atoms with E-state index >= 15 is 0 Å². The van der Waals surface area contributed by atoms with E-state index in [2.05, 4.69) is 63.2 Å². The van der Waals surface area contributed by atoms with Crippen molar-refractivity contribution in [1.29, 1.82) is 0 Å². The van der Waals surface area contributed by atoms with Crippen LogP contribution in [0.1, 0.15) is 34.1 Å². The van der Waals surface area contributed by atoms with E-state index in [1.54, 1.807) is 0 Å². The molecule has 0 aliphatic rings. The van der Waals surface area contributed by atoms with Crippen molar-refractivity contribution in [2.45, 2.75) is 40.2 Å². The lowest BCUT2D eigenvalue weighted by Gasteiger charge is -2.31. The van der Waals surface area contributed by atoms with E-state index in [1.165, 1.54) is 6.42 Å². The Morgan fingerprint density at radius 1 is 0.436 bits per heavy atom. The van der Waals surface area contributed by atoms with Gasteiger partial charge in [-0.2, -0.15) is 0 Å². The molecule has 0 aromatic heterocycles. The van der Waals surface area contributed by atoms with Gasteiger partial charge in [-0.25, -0.2) is 0 Å². The largest absolute Gasteiger partial charge is 0.329 e. The van der Waals surface area contributed by atoms with Gasteiger partial charge < -0.3 is 38.9 Å². The molecule has 0 rings (SSSR count). The normalized spacial score (nSPS) is 12.5. The van der Waals surface area contributed by atoms with Crippen molar-refractivity contribution in [2.24, 2.45) is 28.9 Å². The number of hydrogen-bond donors (Lipinski definition) is 7. The highest BCUT2D eigenvalue weighted by Crippen LogP contribution is 1.99. The van der Waals surface area contributed by atoms with Crippen molar-refractivity contribution in [3.05, 3.63) is 0 Å². The van der Waals surface area contributed by atoms with Crippen molar-refractivity contribution >= 4 is 0 Å². The van der Waals surface area contributed by atoms with Gasteiger partial charge in [-0.05, 0) is 18.9 Å². The lowest BCUT2D eigenvalue weighted by molar-refractivity contribution is 0.163. The number of rotatable bonds is 30. The van der Waals surface area contributed by atoms with Gasteiger partial charge in [0.15, 0.2) is 0 Å². The van der Waals surface area contributed by atoms with E-state index in [1.807, 2.05) is 0 Å². The van der Waals surface area contributed by atoms with Crippen LogP contribution in [-0.2, 0) is 0 Å². The summed E-state index contributed by atoms with van der Waals surface area (Å²) in [5.74, 6) is 0.740. The highest BCUT2D eigenvalue weighted by atomic mass is 15.3. The SMILES string of the molecule is CC(C)CCNCCN(CCN)CCN(CCNCCN)CCN(CCNC(C)C)CCN(CCN)CCN. The maximum Gasteiger partial charge on any atom is 0.0110 e. The van der Waals surface area contributed by atoms with Gasteiger partial charge in [0.05, 0.1) is 0 Å². The fraction of sp³-hybridized carbons (Fsp3) is 1.00. The monoisotopic (exact) mass is 560 g/mol. The minimum atomic E-state index is 0.497. The lowest BCUT2D eigenvalue weighted by Crippen LogP contribution is -2.47. The standard InChI is InChI=1S/C28H69N11/c1-27(2)5-10-33-12-18-37(17-9-32)22-24-38(19-13-34-11-6-29)25-26-39(20-14-35-28(3)4)23-21-36(15-7-30)16-8-31/h27-28,33-35H,5-26,29-32H2,1-4H3. The second kappa shape index (κ2) is 27.7. The molecule has 0 spiro atoms. The van der Waals surface area contributed by atoms with Crippen LogP contribution in [0, 0.1) is 5.92 Å². The quantitative estimate of drug-likeness (QED) is 0.0502. The second-order valence-corrected chi connectivity index (χ2v) is 11.3. The number of nitrogens with zero attached hydrogens (tertiary/aromatic N) is 4. The molecule has 0 aliphatic carbocycles. The van der Waals surface area contributed by atoms with Crippen molar-refractivity contribution in [1.82, 2.24) is 35.6 Å². The zero-order valence-corrected chi connectivity index (χ0v) is 26.3. The third-order valence-corrected chi connectivity index (χ3v) is 6.94. The molecular weight excluding hydrogens is 490 g/mol. The molecular formula is C28H69N11. The second-order valence-electron chi connectivity index (χ2n) is 11.3. The Hall–Kier alpha value is -0.440. The van der Waals surface area contributed by atoms with E-state index in [0.29, 0.717) is 32.2 Å². The molecule has 236 valence electrons. The van der Waals surface area contributed by atoms with Crippen LogP contribution in [0.4, 0.5) is 0 Å². The van der Waals surface area contributed by atoms with Crippen molar-refractivity contribution in [3.63, 3.8) is 0 Å². The minimum absolute atomic E-state index is 0.497. The summed E-state index contributed by atoms with van der Waals surface area (Å²) in [6.07, 6.45) is 1.22. The summed E-state index contributed by atoms with van der Waals surface area (Å²) in [5, 5.41) is 10.7. The number of hydrogen-bond acceptors (Lipinski definition) is 11. The topological polar surface area (TPSA) is 153 Å². The van der Waals surface area contributed by atoms with E-state index < -0.39 is 0 Å². The smallest absolute Gasteiger partial charge is 0.0110 e. The molecule has 0 atom stereocenters. The van der Waals surface area contributed by atoms with Crippen LogP contribution in [0.2, 0.25) is 0 Å². The third-order valence-electron chi connectivity index (χ3n) is 6.94. The average Bonchev–Trinajstić information content (AvgIpc) is 2.89. The van der Waals surface area contributed by atoms with Gasteiger partial charge in [0, 0.05) is 137 Å². The molecule has 0 fully saturated rings. The zero-order valence-electron chi connectivity index (χ0n) is 26.3. The molecule has 0 unspecified atom stereocenters. The Morgan fingerprint density at radius 2 is 0.821 bits per heavy atom. The van der Waals surface area contributed by atoms with Gasteiger partial charge in [0.1, 0.15) is 0 Å². The molecule has 0 saturated heterocycles. The molecule has 0 radical (unpaired) electrons. The first-order valence-corrected chi connectivity index (χ1v) is 15.7. The number of nitrogens with one attached hydrogen (secondary N) is 3. The molecule has 0 aliphatic heterocycles. The third kappa shape index (κ3) is 25.0. The molecule has 11 N–H and O–H groups in total. The maximum absolute atomic E-state index is 5.96. The van der Waals surface area contributed by atoms with E-state index in [9.17, 15) is 0 Å². The Bertz CT molecular complexity index is 490. The van der Waals surface area contributed by atoms with E-state index in [-0.39, 0.29) is 0 Å². The summed E-state index contributed by atoms with van der Waals surface area (Å²) < 4.78 is 0. The molecule has 11 heteroatoms. The van der Waals surface area contributed by atoms with Gasteiger partial charge in [-0.15, -0.1) is 0 Å². The summed E-state index contributed by atoms with van der Waals surface area (Å²) in [5.41, 5.74) is 23.3. The Kier molecular flexibility index (Phi) is 27.4. The van der Waals surface area contributed by atoms with Crippen molar-refractivity contribution < 1.29 is 0 Å². The summed E-state index contributed by atoms with van der Waals surface area (Å²) in [4.78, 5) is 10.1. The van der Waals surface area contributed by atoms with Crippen molar-refractivity contribution in [2.75, 3.05) is 137 Å². The first-order valence-electron chi connectivity index (χ1n) is 15.7. The first kappa shape index (κ1) is 38.6. The molecule has 0 aromatic carbocycles. The Labute approximate surface area is 242 Å². The van der Waals surface area contributed by atoms with Gasteiger partial charge >= 0.3 is 0 Å². The molecule has 0 amide bonds. The van der Waals surface area contributed by atoms with Crippen molar-refractivity contribution in [3.8, 4) is 0 Å². The Morgan fingerprint density at radius 3 is 1.21 bits per heavy atom. The predicted octanol–water partition coefficient (Wildman–Crippen LogP) is -1.75. The summed E-state index contributed by atoms with van der Waals surface area (Å²) >= 11 is 0. The van der Waals surface area contributed by atoms with Crippen LogP contribution >= 0.6 is 0 Å². The maximum atomic E-state index is 5.96. The van der Waals surface area contributed by atoms with Gasteiger partial charge in [0.2, 0.25) is 0 Å².